The summed E-state index contributed by atoms with van der Waals surface area (Å²) in [6, 6.07) is 14.7. The van der Waals surface area contributed by atoms with Gasteiger partial charge in [0, 0.05) is 30.8 Å². The van der Waals surface area contributed by atoms with E-state index in [1.807, 2.05) is 31.3 Å². The Morgan fingerprint density at radius 1 is 1.04 bits per heavy atom. The van der Waals surface area contributed by atoms with E-state index in [1.165, 1.54) is 17.1 Å². The van der Waals surface area contributed by atoms with Gasteiger partial charge >= 0.3 is 0 Å². The number of aryl methyl sites for hydroxylation is 1. The summed E-state index contributed by atoms with van der Waals surface area (Å²) in [7, 11) is 0. The molecule has 28 heavy (non-hydrogen) atoms. The fourth-order valence-electron chi connectivity index (χ4n) is 3.50. The number of hydrogen-bond donors (Lipinski definition) is 0. The van der Waals surface area contributed by atoms with Gasteiger partial charge in [0.2, 0.25) is 5.13 Å². The summed E-state index contributed by atoms with van der Waals surface area (Å²) >= 11 is 1.47. The van der Waals surface area contributed by atoms with Crippen LogP contribution in [-0.2, 0) is 0 Å². The SMILES string of the molecule is Cc1nsc(N2CCC([N]c3nc4cc(-c5ccccc5)ccn4n3)CC2)n1. The Morgan fingerprint density at radius 3 is 2.61 bits per heavy atom. The van der Waals surface area contributed by atoms with Crippen LogP contribution in [0.3, 0.4) is 0 Å². The average Bonchev–Trinajstić information content (AvgIpc) is 3.34. The Kier molecular flexibility index (Phi) is 4.40. The highest BCUT2D eigenvalue weighted by Gasteiger charge is 2.23. The maximum absolute atomic E-state index is 4.79. The summed E-state index contributed by atoms with van der Waals surface area (Å²) in [5, 5.41) is 10.3. The molecule has 0 N–H and O–H groups in total. The number of nitrogens with zero attached hydrogens (tertiary/aromatic N) is 7. The number of benzene rings is 1. The fourth-order valence-corrected chi connectivity index (χ4v) is 4.22. The van der Waals surface area contributed by atoms with Crippen LogP contribution in [0.2, 0.25) is 0 Å². The van der Waals surface area contributed by atoms with E-state index >= 15 is 0 Å². The molecule has 141 valence electrons. The predicted octanol–water partition coefficient (Wildman–Crippen LogP) is 3.46. The molecule has 0 saturated carbocycles. The summed E-state index contributed by atoms with van der Waals surface area (Å²) in [5.74, 6) is 1.41. The molecule has 4 aromatic rings. The van der Waals surface area contributed by atoms with Crippen LogP contribution >= 0.6 is 11.5 Å². The van der Waals surface area contributed by atoms with Crippen LogP contribution < -0.4 is 10.2 Å². The molecule has 0 bridgehead atoms. The number of fused-ring (bicyclic) bond motifs is 1. The molecule has 1 aliphatic rings. The van der Waals surface area contributed by atoms with Crippen LogP contribution in [0.25, 0.3) is 16.8 Å². The lowest BCUT2D eigenvalue weighted by Crippen LogP contribution is -2.39. The predicted molar refractivity (Wildman–Crippen MR) is 110 cm³/mol. The molecule has 0 aliphatic carbocycles. The highest BCUT2D eigenvalue weighted by molar-refractivity contribution is 7.09. The maximum Gasteiger partial charge on any atom is 0.264 e. The van der Waals surface area contributed by atoms with Gasteiger partial charge in [-0.1, -0.05) is 30.3 Å². The minimum Gasteiger partial charge on any atom is -0.347 e. The maximum atomic E-state index is 4.79. The lowest BCUT2D eigenvalue weighted by atomic mass is 10.1. The molecule has 0 amide bonds. The van der Waals surface area contributed by atoms with Gasteiger partial charge in [0.25, 0.3) is 5.95 Å². The molecule has 5 rings (SSSR count). The molecule has 3 aromatic heterocycles. The smallest absolute Gasteiger partial charge is 0.264 e. The first-order chi connectivity index (χ1) is 13.7. The van der Waals surface area contributed by atoms with E-state index < -0.39 is 0 Å². The zero-order valence-electron chi connectivity index (χ0n) is 15.6. The van der Waals surface area contributed by atoms with Gasteiger partial charge in [-0.2, -0.15) is 9.36 Å². The first-order valence-electron chi connectivity index (χ1n) is 9.42. The second-order valence-electron chi connectivity index (χ2n) is 6.97. The van der Waals surface area contributed by atoms with Gasteiger partial charge in [-0.05, 0) is 43.0 Å². The number of rotatable bonds is 4. The highest BCUT2D eigenvalue weighted by atomic mass is 32.1. The molecule has 8 heteroatoms. The van der Waals surface area contributed by atoms with Crippen LogP contribution in [0.4, 0.5) is 11.1 Å². The van der Waals surface area contributed by atoms with Crippen molar-refractivity contribution in [3.05, 3.63) is 54.5 Å². The standard InChI is InChI=1S/C20H20N7S/c1-14-21-20(28-25-14)26-10-8-17(9-11-26)22-19-23-18-13-16(7-12-27(18)24-19)15-5-3-2-4-6-15/h2-7,12-13,17H,8-11H2,1H3. The molecule has 1 radical (unpaired) electrons. The number of hydrogen-bond acceptors (Lipinski definition) is 6. The molecule has 1 aromatic carbocycles. The number of aromatic nitrogens is 5. The van der Waals surface area contributed by atoms with Crippen molar-refractivity contribution in [2.75, 3.05) is 18.0 Å². The minimum atomic E-state index is 0.247. The minimum absolute atomic E-state index is 0.247. The molecule has 1 aliphatic heterocycles. The quantitative estimate of drug-likeness (QED) is 0.533. The normalized spacial score (nSPS) is 15.2. The first kappa shape index (κ1) is 17.1. The second-order valence-corrected chi connectivity index (χ2v) is 7.70. The van der Waals surface area contributed by atoms with E-state index in [0.717, 1.165) is 48.1 Å². The molecular formula is C20H20N7S. The Balaban J connectivity index is 1.27. The van der Waals surface area contributed by atoms with Crippen molar-refractivity contribution < 1.29 is 0 Å². The molecule has 0 spiro atoms. The third kappa shape index (κ3) is 3.43. The molecule has 4 heterocycles. The van der Waals surface area contributed by atoms with Crippen molar-refractivity contribution in [3.63, 3.8) is 0 Å². The average molecular weight is 390 g/mol. The van der Waals surface area contributed by atoms with Crippen LogP contribution in [0.1, 0.15) is 18.7 Å². The summed E-state index contributed by atoms with van der Waals surface area (Å²) in [6.45, 7) is 3.81. The van der Waals surface area contributed by atoms with Crippen LogP contribution in [0.15, 0.2) is 48.7 Å². The van der Waals surface area contributed by atoms with E-state index in [1.54, 1.807) is 4.52 Å². The van der Waals surface area contributed by atoms with Crippen molar-refractivity contribution in [1.82, 2.24) is 29.3 Å². The highest BCUT2D eigenvalue weighted by Crippen LogP contribution is 2.24. The van der Waals surface area contributed by atoms with Crippen molar-refractivity contribution in [3.8, 4) is 11.1 Å². The van der Waals surface area contributed by atoms with E-state index in [0.29, 0.717) is 5.95 Å². The molecule has 1 saturated heterocycles. The summed E-state index contributed by atoms with van der Waals surface area (Å²) in [4.78, 5) is 11.4. The van der Waals surface area contributed by atoms with E-state index in [4.69, 9.17) is 5.32 Å². The fraction of sp³-hybridized carbons (Fsp3) is 0.300. The van der Waals surface area contributed by atoms with Crippen LogP contribution in [0, 0.1) is 6.92 Å². The summed E-state index contributed by atoms with van der Waals surface area (Å²) < 4.78 is 6.07. The van der Waals surface area contributed by atoms with Gasteiger partial charge in [-0.3, -0.25) is 0 Å². The Bertz CT molecular complexity index is 1080. The second kappa shape index (κ2) is 7.20. The Morgan fingerprint density at radius 2 is 1.86 bits per heavy atom. The van der Waals surface area contributed by atoms with Crippen molar-refractivity contribution >= 4 is 28.3 Å². The molecular weight excluding hydrogens is 370 g/mol. The van der Waals surface area contributed by atoms with Crippen LogP contribution in [-0.4, -0.2) is 43.1 Å². The van der Waals surface area contributed by atoms with E-state index in [9.17, 15) is 0 Å². The van der Waals surface area contributed by atoms with Gasteiger partial charge in [0.15, 0.2) is 5.65 Å². The topological polar surface area (TPSA) is 73.3 Å². The zero-order valence-corrected chi connectivity index (χ0v) is 16.4. The monoisotopic (exact) mass is 390 g/mol. The van der Waals surface area contributed by atoms with Gasteiger partial charge in [-0.25, -0.2) is 14.8 Å². The van der Waals surface area contributed by atoms with Crippen molar-refractivity contribution in [2.24, 2.45) is 0 Å². The van der Waals surface area contributed by atoms with Crippen molar-refractivity contribution in [1.29, 1.82) is 0 Å². The van der Waals surface area contributed by atoms with Gasteiger partial charge in [0.1, 0.15) is 5.82 Å². The molecule has 7 nitrogen and oxygen atoms in total. The van der Waals surface area contributed by atoms with Gasteiger partial charge < -0.3 is 4.90 Å². The van der Waals surface area contributed by atoms with Crippen molar-refractivity contribution in [2.45, 2.75) is 25.8 Å². The molecule has 1 fully saturated rings. The summed E-state index contributed by atoms with van der Waals surface area (Å²) in [6.07, 6.45) is 3.90. The third-order valence-electron chi connectivity index (χ3n) is 4.98. The van der Waals surface area contributed by atoms with Gasteiger partial charge in [-0.15, -0.1) is 5.10 Å². The summed E-state index contributed by atoms with van der Waals surface area (Å²) in [5.41, 5.74) is 3.13. The van der Waals surface area contributed by atoms with E-state index in [2.05, 4.69) is 48.6 Å². The first-order valence-corrected chi connectivity index (χ1v) is 10.2. The number of pyridine rings is 1. The van der Waals surface area contributed by atoms with Crippen LogP contribution in [0.5, 0.6) is 0 Å². The Hall–Kier alpha value is -3.00. The zero-order chi connectivity index (χ0) is 18.9. The lowest BCUT2D eigenvalue weighted by Gasteiger charge is -2.30. The Labute approximate surface area is 167 Å². The van der Waals surface area contributed by atoms with E-state index in [-0.39, 0.29) is 6.04 Å². The van der Waals surface area contributed by atoms with Gasteiger partial charge in [0.05, 0.1) is 6.04 Å². The molecule has 0 atom stereocenters. The molecule has 0 unspecified atom stereocenters. The lowest BCUT2D eigenvalue weighted by molar-refractivity contribution is 0.446. The number of piperidine rings is 1. The largest absolute Gasteiger partial charge is 0.347 e. The third-order valence-corrected chi connectivity index (χ3v) is 5.85. The number of anilines is 1.